The van der Waals surface area contributed by atoms with E-state index in [0.29, 0.717) is 17.3 Å². The maximum absolute atomic E-state index is 12.0. The van der Waals surface area contributed by atoms with E-state index in [-0.39, 0.29) is 12.5 Å². The average Bonchev–Trinajstić information content (AvgIpc) is 3.02. The first-order chi connectivity index (χ1) is 12.6. The molecule has 0 atom stereocenters. The molecule has 0 aliphatic heterocycles. The normalized spacial score (nSPS) is 10.9. The highest BCUT2D eigenvalue weighted by Crippen LogP contribution is 2.21. The first kappa shape index (κ1) is 18.3. The third-order valence-electron chi connectivity index (χ3n) is 4.14. The van der Waals surface area contributed by atoms with Crippen molar-refractivity contribution < 1.29 is 9.53 Å². The molecule has 26 heavy (non-hydrogen) atoms. The molecule has 0 fully saturated rings. The van der Waals surface area contributed by atoms with E-state index in [0.717, 1.165) is 35.1 Å². The number of aromatic nitrogens is 2. The molecule has 3 aromatic rings. The molecule has 0 unspecified atom stereocenters. The second-order valence-corrected chi connectivity index (χ2v) is 6.67. The molecule has 0 bridgehead atoms. The molecule has 6 heteroatoms. The van der Waals surface area contributed by atoms with E-state index in [1.165, 1.54) is 0 Å². The van der Waals surface area contributed by atoms with Gasteiger partial charge in [-0.3, -0.25) is 4.79 Å². The molecule has 0 radical (unpaired) electrons. The van der Waals surface area contributed by atoms with Crippen molar-refractivity contribution in [1.29, 1.82) is 0 Å². The number of carbonyl (C=O) groups excluding carboxylic acids is 1. The van der Waals surface area contributed by atoms with Crippen molar-refractivity contribution >= 4 is 28.5 Å². The van der Waals surface area contributed by atoms with E-state index in [9.17, 15) is 4.79 Å². The SMILES string of the molecule is CCCn1cnc2cc(CNC(=O)COc3ccc(Cl)cc3C)ccc21. The van der Waals surface area contributed by atoms with Gasteiger partial charge in [0.15, 0.2) is 6.61 Å². The Kier molecular flexibility index (Phi) is 5.78. The van der Waals surface area contributed by atoms with Crippen LogP contribution in [0.4, 0.5) is 0 Å². The van der Waals surface area contributed by atoms with E-state index < -0.39 is 0 Å². The summed E-state index contributed by atoms with van der Waals surface area (Å²) >= 11 is 5.92. The van der Waals surface area contributed by atoms with Crippen LogP contribution in [0.1, 0.15) is 24.5 Å². The Morgan fingerprint density at radius 2 is 2.12 bits per heavy atom. The number of imidazole rings is 1. The van der Waals surface area contributed by atoms with Crippen LogP contribution in [-0.2, 0) is 17.9 Å². The average molecular weight is 372 g/mol. The molecule has 0 saturated carbocycles. The minimum Gasteiger partial charge on any atom is -0.484 e. The third-order valence-corrected chi connectivity index (χ3v) is 4.37. The highest BCUT2D eigenvalue weighted by Gasteiger charge is 2.07. The third kappa shape index (κ3) is 4.35. The van der Waals surface area contributed by atoms with Gasteiger partial charge in [-0.2, -0.15) is 0 Å². The predicted octanol–water partition coefficient (Wildman–Crippen LogP) is 4.10. The van der Waals surface area contributed by atoms with E-state index in [2.05, 4.69) is 21.8 Å². The van der Waals surface area contributed by atoms with Gasteiger partial charge in [0, 0.05) is 18.1 Å². The molecule has 1 aromatic heterocycles. The van der Waals surface area contributed by atoms with Crippen molar-refractivity contribution in [3.05, 3.63) is 58.9 Å². The van der Waals surface area contributed by atoms with Crippen LogP contribution in [0.25, 0.3) is 11.0 Å². The highest BCUT2D eigenvalue weighted by molar-refractivity contribution is 6.30. The monoisotopic (exact) mass is 371 g/mol. The zero-order valence-electron chi connectivity index (χ0n) is 15.0. The minimum atomic E-state index is -0.170. The fourth-order valence-electron chi connectivity index (χ4n) is 2.81. The van der Waals surface area contributed by atoms with Crippen molar-refractivity contribution in [3.63, 3.8) is 0 Å². The van der Waals surface area contributed by atoms with Gasteiger partial charge in [0.1, 0.15) is 5.75 Å². The number of rotatable bonds is 7. The molecule has 0 spiro atoms. The van der Waals surface area contributed by atoms with Crippen molar-refractivity contribution in [1.82, 2.24) is 14.9 Å². The first-order valence-corrected chi connectivity index (χ1v) is 9.04. The molecule has 0 aliphatic rings. The Balaban J connectivity index is 1.54. The fraction of sp³-hybridized carbons (Fsp3) is 0.300. The van der Waals surface area contributed by atoms with Crippen LogP contribution in [-0.4, -0.2) is 22.1 Å². The van der Waals surface area contributed by atoms with E-state index >= 15 is 0 Å². The van der Waals surface area contributed by atoms with Crippen LogP contribution in [0.2, 0.25) is 5.02 Å². The Morgan fingerprint density at radius 3 is 2.88 bits per heavy atom. The van der Waals surface area contributed by atoms with Crippen molar-refractivity contribution in [2.75, 3.05) is 6.61 Å². The minimum absolute atomic E-state index is 0.0319. The summed E-state index contributed by atoms with van der Waals surface area (Å²) in [5.74, 6) is 0.489. The standard InChI is InChI=1S/C20H22ClN3O2/c1-3-8-24-13-23-17-10-15(4-6-18(17)24)11-22-20(25)12-26-19-7-5-16(21)9-14(19)2/h4-7,9-10,13H,3,8,11-12H2,1-2H3,(H,22,25). The van der Waals surface area contributed by atoms with Crippen LogP contribution in [0, 0.1) is 6.92 Å². The summed E-state index contributed by atoms with van der Waals surface area (Å²) in [6, 6.07) is 11.4. The van der Waals surface area contributed by atoms with Gasteiger partial charge in [-0.25, -0.2) is 4.98 Å². The van der Waals surface area contributed by atoms with Gasteiger partial charge < -0.3 is 14.6 Å². The molecular formula is C20H22ClN3O2. The van der Waals surface area contributed by atoms with Crippen molar-refractivity contribution in [2.45, 2.75) is 33.4 Å². The number of nitrogens with zero attached hydrogens (tertiary/aromatic N) is 2. The second kappa shape index (κ2) is 8.23. The number of hydrogen-bond donors (Lipinski definition) is 1. The van der Waals surface area contributed by atoms with Gasteiger partial charge in [-0.15, -0.1) is 0 Å². The number of amides is 1. The summed E-state index contributed by atoms with van der Waals surface area (Å²) < 4.78 is 7.69. The molecule has 3 rings (SSSR count). The van der Waals surface area contributed by atoms with E-state index in [1.54, 1.807) is 12.1 Å². The molecule has 2 aromatic carbocycles. The summed E-state index contributed by atoms with van der Waals surface area (Å²) in [4.78, 5) is 16.5. The summed E-state index contributed by atoms with van der Waals surface area (Å²) in [6.07, 6.45) is 2.93. The number of ether oxygens (including phenoxy) is 1. The summed E-state index contributed by atoms with van der Waals surface area (Å²) in [7, 11) is 0. The van der Waals surface area contributed by atoms with Gasteiger partial charge in [-0.1, -0.05) is 24.6 Å². The fourth-order valence-corrected chi connectivity index (χ4v) is 3.03. The van der Waals surface area contributed by atoms with Crippen LogP contribution >= 0.6 is 11.6 Å². The number of hydrogen-bond acceptors (Lipinski definition) is 3. The molecule has 5 nitrogen and oxygen atoms in total. The predicted molar refractivity (Wildman–Crippen MR) is 104 cm³/mol. The number of aryl methyl sites for hydroxylation is 2. The lowest BCUT2D eigenvalue weighted by Crippen LogP contribution is -2.28. The topological polar surface area (TPSA) is 56.2 Å². The number of benzene rings is 2. The Labute approximate surface area is 157 Å². The van der Waals surface area contributed by atoms with E-state index in [1.807, 2.05) is 37.5 Å². The van der Waals surface area contributed by atoms with Crippen LogP contribution < -0.4 is 10.1 Å². The summed E-state index contributed by atoms with van der Waals surface area (Å²) in [6.45, 7) is 5.40. The van der Waals surface area contributed by atoms with E-state index in [4.69, 9.17) is 16.3 Å². The Morgan fingerprint density at radius 1 is 1.27 bits per heavy atom. The lowest BCUT2D eigenvalue weighted by atomic mass is 10.2. The van der Waals surface area contributed by atoms with Crippen LogP contribution in [0.3, 0.4) is 0 Å². The number of halogens is 1. The number of fused-ring (bicyclic) bond motifs is 1. The molecule has 1 N–H and O–H groups in total. The quantitative estimate of drug-likeness (QED) is 0.680. The van der Waals surface area contributed by atoms with Crippen LogP contribution in [0.15, 0.2) is 42.7 Å². The largest absolute Gasteiger partial charge is 0.484 e. The van der Waals surface area contributed by atoms with Gasteiger partial charge in [-0.05, 0) is 54.8 Å². The molecule has 1 heterocycles. The van der Waals surface area contributed by atoms with Crippen molar-refractivity contribution in [2.24, 2.45) is 0 Å². The molecule has 136 valence electrons. The Hall–Kier alpha value is -2.53. The zero-order valence-corrected chi connectivity index (χ0v) is 15.7. The summed E-state index contributed by atoms with van der Waals surface area (Å²) in [5.41, 5.74) is 3.97. The van der Waals surface area contributed by atoms with Crippen LogP contribution in [0.5, 0.6) is 5.75 Å². The van der Waals surface area contributed by atoms with Crippen molar-refractivity contribution in [3.8, 4) is 5.75 Å². The lowest BCUT2D eigenvalue weighted by molar-refractivity contribution is -0.123. The van der Waals surface area contributed by atoms with Gasteiger partial charge in [0.05, 0.1) is 17.4 Å². The Bertz CT molecular complexity index is 921. The smallest absolute Gasteiger partial charge is 0.258 e. The van der Waals surface area contributed by atoms with Gasteiger partial charge in [0.25, 0.3) is 5.91 Å². The maximum atomic E-state index is 12.0. The summed E-state index contributed by atoms with van der Waals surface area (Å²) in [5, 5.41) is 3.52. The highest BCUT2D eigenvalue weighted by atomic mass is 35.5. The molecular weight excluding hydrogens is 350 g/mol. The number of nitrogens with one attached hydrogen (secondary N) is 1. The second-order valence-electron chi connectivity index (χ2n) is 6.24. The first-order valence-electron chi connectivity index (χ1n) is 8.66. The zero-order chi connectivity index (χ0) is 18.5. The molecule has 0 aliphatic carbocycles. The van der Waals surface area contributed by atoms with Gasteiger partial charge in [0.2, 0.25) is 0 Å². The maximum Gasteiger partial charge on any atom is 0.258 e. The van der Waals surface area contributed by atoms with Gasteiger partial charge >= 0.3 is 0 Å². The number of carbonyl (C=O) groups is 1. The lowest BCUT2D eigenvalue weighted by Gasteiger charge is -2.10. The molecule has 0 saturated heterocycles. The molecule has 1 amide bonds.